The van der Waals surface area contributed by atoms with Crippen molar-refractivity contribution in [3.8, 4) is 6.07 Å². The van der Waals surface area contributed by atoms with Crippen LogP contribution in [0.25, 0.3) is 0 Å². The molecular formula is C17H24N4O. The maximum atomic E-state index is 11.7. The summed E-state index contributed by atoms with van der Waals surface area (Å²) < 4.78 is 0. The molecule has 1 aromatic rings. The van der Waals surface area contributed by atoms with Crippen molar-refractivity contribution in [1.29, 1.82) is 5.26 Å². The van der Waals surface area contributed by atoms with Gasteiger partial charge in [-0.05, 0) is 39.1 Å². The predicted molar refractivity (Wildman–Crippen MR) is 88.2 cm³/mol. The number of hydrogen-bond acceptors (Lipinski definition) is 5. The maximum absolute atomic E-state index is 11.7. The van der Waals surface area contributed by atoms with E-state index in [1.54, 1.807) is 25.1 Å². The molecule has 0 spiro atoms. The lowest BCUT2D eigenvalue weighted by atomic mass is 10.1. The number of likely N-dealkylation sites (N-methyl/N-ethyl adjacent to an activating group) is 1. The third-order valence-electron chi connectivity index (χ3n) is 4.28. The van der Waals surface area contributed by atoms with E-state index in [-0.39, 0.29) is 5.78 Å². The molecule has 5 nitrogen and oxygen atoms in total. The van der Waals surface area contributed by atoms with Crippen LogP contribution >= 0.6 is 0 Å². The number of nitrogens with one attached hydrogen (secondary N) is 1. The van der Waals surface area contributed by atoms with E-state index in [4.69, 9.17) is 5.26 Å². The molecule has 5 heteroatoms. The smallest absolute Gasteiger partial charge is 0.161 e. The summed E-state index contributed by atoms with van der Waals surface area (Å²) >= 11 is 0. The van der Waals surface area contributed by atoms with Crippen LogP contribution in [0.4, 0.5) is 5.69 Å². The molecule has 1 aromatic carbocycles. The third kappa shape index (κ3) is 4.06. The van der Waals surface area contributed by atoms with Crippen molar-refractivity contribution >= 4 is 11.5 Å². The van der Waals surface area contributed by atoms with E-state index in [2.05, 4.69) is 35.2 Å². The zero-order chi connectivity index (χ0) is 16.1. The first-order valence-corrected chi connectivity index (χ1v) is 7.73. The molecule has 0 bridgehead atoms. The Kier molecular flexibility index (Phi) is 5.53. The van der Waals surface area contributed by atoms with Crippen LogP contribution in [0.1, 0.15) is 29.8 Å². The molecular weight excluding hydrogens is 276 g/mol. The molecule has 1 aliphatic heterocycles. The van der Waals surface area contributed by atoms with E-state index >= 15 is 0 Å². The average molecular weight is 300 g/mol. The molecule has 118 valence electrons. The molecule has 1 saturated heterocycles. The predicted octanol–water partition coefficient (Wildman–Crippen LogP) is 1.81. The second kappa shape index (κ2) is 7.39. The first-order valence-electron chi connectivity index (χ1n) is 7.73. The van der Waals surface area contributed by atoms with Gasteiger partial charge in [-0.1, -0.05) is 0 Å². The number of rotatable bonds is 5. The van der Waals surface area contributed by atoms with Crippen LogP contribution in [0.3, 0.4) is 0 Å². The van der Waals surface area contributed by atoms with Gasteiger partial charge < -0.3 is 10.2 Å². The highest BCUT2D eigenvalue weighted by Gasteiger charge is 2.19. The summed E-state index contributed by atoms with van der Waals surface area (Å²) in [6.07, 6.45) is 0. The van der Waals surface area contributed by atoms with Gasteiger partial charge in [-0.2, -0.15) is 5.26 Å². The summed E-state index contributed by atoms with van der Waals surface area (Å²) in [5, 5.41) is 12.4. The van der Waals surface area contributed by atoms with Crippen LogP contribution in [0.5, 0.6) is 0 Å². The van der Waals surface area contributed by atoms with Crippen LogP contribution in [-0.2, 0) is 0 Å². The van der Waals surface area contributed by atoms with Crippen molar-refractivity contribution in [1.82, 2.24) is 9.80 Å². The van der Waals surface area contributed by atoms with Crippen LogP contribution in [0.15, 0.2) is 18.2 Å². The number of hydrogen-bond donors (Lipinski definition) is 1. The first kappa shape index (κ1) is 16.5. The zero-order valence-electron chi connectivity index (χ0n) is 13.6. The Hall–Kier alpha value is -1.90. The van der Waals surface area contributed by atoms with Crippen molar-refractivity contribution in [2.45, 2.75) is 19.9 Å². The molecule has 1 aliphatic rings. The summed E-state index contributed by atoms with van der Waals surface area (Å²) in [6.45, 7) is 8.82. The number of ketones is 1. The number of nitriles is 1. The van der Waals surface area contributed by atoms with Gasteiger partial charge in [0.05, 0.1) is 11.6 Å². The van der Waals surface area contributed by atoms with Gasteiger partial charge in [0.1, 0.15) is 0 Å². The Labute approximate surface area is 132 Å². The molecule has 0 amide bonds. The van der Waals surface area contributed by atoms with E-state index in [1.165, 1.54) is 0 Å². The summed E-state index contributed by atoms with van der Waals surface area (Å²) in [4.78, 5) is 16.5. The van der Waals surface area contributed by atoms with Gasteiger partial charge in [0, 0.05) is 50.0 Å². The quantitative estimate of drug-likeness (QED) is 0.840. The average Bonchev–Trinajstić information content (AvgIpc) is 2.52. The van der Waals surface area contributed by atoms with Gasteiger partial charge in [-0.15, -0.1) is 0 Å². The summed E-state index contributed by atoms with van der Waals surface area (Å²) in [5.41, 5.74) is 1.97. The minimum absolute atomic E-state index is 0.0132. The van der Waals surface area contributed by atoms with Crippen LogP contribution in [-0.4, -0.2) is 61.4 Å². The molecule has 1 heterocycles. The monoisotopic (exact) mass is 300 g/mol. The van der Waals surface area contributed by atoms with Crippen molar-refractivity contribution in [3.63, 3.8) is 0 Å². The lowest BCUT2D eigenvalue weighted by Gasteiger charge is -2.36. The number of Topliss-reactive ketones (excluding diaryl/α,β-unsaturated/α-hetero) is 1. The highest BCUT2D eigenvalue weighted by molar-refractivity contribution is 5.99. The van der Waals surface area contributed by atoms with Gasteiger partial charge in [-0.3, -0.25) is 9.69 Å². The molecule has 22 heavy (non-hydrogen) atoms. The Morgan fingerprint density at radius 2 is 2.05 bits per heavy atom. The minimum Gasteiger partial charge on any atom is -0.383 e. The number of carbonyl (C=O) groups excluding carboxylic acids is 1. The largest absolute Gasteiger partial charge is 0.383 e. The maximum Gasteiger partial charge on any atom is 0.161 e. The van der Waals surface area contributed by atoms with Gasteiger partial charge in [0.25, 0.3) is 0 Å². The minimum atomic E-state index is 0.0132. The van der Waals surface area contributed by atoms with Crippen LogP contribution in [0.2, 0.25) is 0 Å². The Morgan fingerprint density at radius 3 is 2.64 bits per heavy atom. The van der Waals surface area contributed by atoms with Gasteiger partial charge in [-0.25, -0.2) is 0 Å². The molecule has 0 radical (unpaired) electrons. The normalized spacial score (nSPS) is 17.7. The van der Waals surface area contributed by atoms with E-state index < -0.39 is 0 Å². The van der Waals surface area contributed by atoms with Crippen molar-refractivity contribution < 1.29 is 4.79 Å². The molecule has 1 unspecified atom stereocenters. The Bertz CT molecular complexity index is 571. The fourth-order valence-corrected chi connectivity index (χ4v) is 2.72. The summed E-state index contributed by atoms with van der Waals surface area (Å²) in [5.74, 6) is 0.0132. The van der Waals surface area contributed by atoms with Crippen molar-refractivity contribution in [2.75, 3.05) is 45.1 Å². The SMILES string of the molecule is CC(=O)c1ccc(C#N)cc1NCC(C)N1CCN(C)CC1. The van der Waals surface area contributed by atoms with Crippen molar-refractivity contribution in [2.24, 2.45) is 0 Å². The highest BCUT2D eigenvalue weighted by atomic mass is 16.1. The number of nitrogens with zero attached hydrogens (tertiary/aromatic N) is 3. The fraction of sp³-hybridized carbons (Fsp3) is 0.529. The van der Waals surface area contributed by atoms with E-state index in [9.17, 15) is 4.79 Å². The topological polar surface area (TPSA) is 59.4 Å². The second-order valence-electron chi connectivity index (χ2n) is 6.00. The molecule has 1 N–H and O–H groups in total. The summed E-state index contributed by atoms with van der Waals surface area (Å²) in [7, 11) is 2.15. The molecule has 0 aliphatic carbocycles. The number of anilines is 1. The van der Waals surface area contributed by atoms with Gasteiger partial charge >= 0.3 is 0 Å². The first-order chi connectivity index (χ1) is 10.5. The van der Waals surface area contributed by atoms with Gasteiger partial charge in [0.2, 0.25) is 0 Å². The molecule has 0 aromatic heterocycles. The lowest BCUT2D eigenvalue weighted by molar-refractivity contribution is 0.101. The lowest BCUT2D eigenvalue weighted by Crippen LogP contribution is -2.49. The number of benzene rings is 1. The molecule has 1 atom stereocenters. The summed E-state index contributed by atoms with van der Waals surface area (Å²) in [6, 6.07) is 7.68. The Balaban J connectivity index is 2.01. The zero-order valence-corrected chi connectivity index (χ0v) is 13.6. The fourth-order valence-electron chi connectivity index (χ4n) is 2.72. The van der Waals surface area contributed by atoms with Crippen molar-refractivity contribution in [3.05, 3.63) is 29.3 Å². The molecule has 2 rings (SSSR count). The third-order valence-corrected chi connectivity index (χ3v) is 4.28. The molecule has 1 fully saturated rings. The van der Waals surface area contributed by atoms with Crippen LogP contribution < -0.4 is 5.32 Å². The number of piperazine rings is 1. The van der Waals surface area contributed by atoms with E-state index in [1.807, 2.05) is 0 Å². The van der Waals surface area contributed by atoms with Crippen LogP contribution in [0, 0.1) is 11.3 Å². The van der Waals surface area contributed by atoms with Gasteiger partial charge in [0.15, 0.2) is 5.78 Å². The Morgan fingerprint density at radius 1 is 1.36 bits per heavy atom. The highest BCUT2D eigenvalue weighted by Crippen LogP contribution is 2.19. The van der Waals surface area contributed by atoms with E-state index in [0.717, 1.165) is 38.4 Å². The molecule has 0 saturated carbocycles. The standard InChI is InChI=1S/C17H24N4O/c1-13(21-8-6-20(3)7-9-21)12-19-17-10-15(11-18)4-5-16(17)14(2)22/h4-5,10,13,19H,6-9,12H2,1-3H3. The number of carbonyl (C=O) groups is 1. The second-order valence-corrected chi connectivity index (χ2v) is 6.00. The van der Waals surface area contributed by atoms with E-state index in [0.29, 0.717) is 17.2 Å².